The van der Waals surface area contributed by atoms with Crippen LogP contribution < -0.4 is 10.5 Å². The van der Waals surface area contributed by atoms with Crippen molar-refractivity contribution < 1.29 is 9.90 Å². The lowest BCUT2D eigenvalue weighted by Gasteiger charge is -2.36. The number of nitrogens with zero attached hydrogens (tertiary/aromatic N) is 6. The average Bonchev–Trinajstić information content (AvgIpc) is 3.18. The molecule has 0 radical (unpaired) electrons. The molecule has 1 N–H and O–H groups in total. The van der Waals surface area contributed by atoms with E-state index in [1.807, 2.05) is 56.7 Å². The summed E-state index contributed by atoms with van der Waals surface area (Å²) in [5.41, 5.74) is 3.10. The molecule has 2 aromatic carbocycles. The summed E-state index contributed by atoms with van der Waals surface area (Å²) in [6.45, 7) is 1.06. The number of aryl methyl sites for hydroxylation is 1. The van der Waals surface area contributed by atoms with Crippen LogP contribution in [-0.2, 0) is 7.05 Å². The highest BCUT2D eigenvalue weighted by Crippen LogP contribution is 2.25. The van der Waals surface area contributed by atoms with Crippen LogP contribution in [0.4, 0.5) is 10.5 Å². The summed E-state index contributed by atoms with van der Waals surface area (Å²) >= 11 is 0. The minimum atomic E-state index is -0.861. The van der Waals surface area contributed by atoms with Gasteiger partial charge in [0.25, 0.3) is 5.56 Å². The average molecular weight is 432 g/mol. The predicted octanol–water partition coefficient (Wildman–Crippen LogP) is 2.85. The van der Waals surface area contributed by atoms with Crippen LogP contribution in [-0.4, -0.2) is 61.6 Å². The molecular weight excluding hydrogens is 408 g/mol. The van der Waals surface area contributed by atoms with E-state index in [0.29, 0.717) is 24.0 Å². The van der Waals surface area contributed by atoms with Crippen LogP contribution in [0.3, 0.4) is 0 Å². The Bertz CT molecular complexity index is 1380. The van der Waals surface area contributed by atoms with E-state index in [2.05, 4.69) is 15.0 Å². The van der Waals surface area contributed by atoms with Crippen molar-refractivity contribution >= 4 is 33.6 Å². The monoisotopic (exact) mass is 432 g/mol. The third kappa shape index (κ3) is 3.45. The Labute approximate surface area is 184 Å². The molecule has 0 bridgehead atoms. The molecule has 1 saturated heterocycles. The van der Waals surface area contributed by atoms with Gasteiger partial charge in [-0.05, 0) is 49.2 Å². The van der Waals surface area contributed by atoms with Gasteiger partial charge in [-0.25, -0.2) is 9.78 Å². The molecule has 1 aliphatic heterocycles. The highest BCUT2D eigenvalue weighted by atomic mass is 16.4. The first-order valence-corrected chi connectivity index (χ1v) is 10.6. The lowest BCUT2D eigenvalue weighted by Crippen LogP contribution is -2.45. The Kier molecular flexibility index (Phi) is 4.80. The summed E-state index contributed by atoms with van der Waals surface area (Å²) in [7, 11) is 3.88. The summed E-state index contributed by atoms with van der Waals surface area (Å²) in [6.07, 6.45) is 4.16. The smallest absolute Gasteiger partial charge is 0.407 e. The zero-order valence-corrected chi connectivity index (χ0v) is 18.0. The number of aromatic nitrogens is 4. The van der Waals surface area contributed by atoms with Crippen molar-refractivity contribution in [1.82, 2.24) is 24.2 Å². The highest BCUT2D eigenvalue weighted by molar-refractivity contribution is 5.83. The molecule has 1 amide bonds. The first-order valence-electron chi connectivity index (χ1n) is 10.6. The fourth-order valence-electron chi connectivity index (χ4n) is 4.45. The lowest BCUT2D eigenvalue weighted by molar-refractivity contribution is 0.132. The van der Waals surface area contributed by atoms with Gasteiger partial charge in [-0.2, -0.15) is 5.10 Å². The number of hydrogen-bond acceptors (Lipinski definition) is 5. The van der Waals surface area contributed by atoms with E-state index in [9.17, 15) is 9.59 Å². The number of piperidine rings is 1. The molecule has 0 aliphatic carbocycles. The van der Waals surface area contributed by atoms with Gasteiger partial charge in [-0.3, -0.25) is 14.0 Å². The van der Waals surface area contributed by atoms with E-state index in [-0.39, 0.29) is 11.6 Å². The molecule has 0 atom stereocenters. The molecule has 0 unspecified atom stereocenters. The van der Waals surface area contributed by atoms with Crippen molar-refractivity contribution in [3.8, 4) is 5.69 Å². The van der Waals surface area contributed by atoms with Gasteiger partial charge < -0.3 is 14.9 Å². The molecule has 3 heterocycles. The van der Waals surface area contributed by atoms with Crippen LogP contribution in [0, 0.1) is 0 Å². The molecule has 1 fully saturated rings. The van der Waals surface area contributed by atoms with E-state index in [1.165, 1.54) is 4.90 Å². The number of carbonyl (C=O) groups is 1. The molecule has 9 heteroatoms. The number of rotatable bonds is 3. The van der Waals surface area contributed by atoms with E-state index in [4.69, 9.17) is 5.11 Å². The maximum absolute atomic E-state index is 13.2. The summed E-state index contributed by atoms with van der Waals surface area (Å²) < 4.78 is 3.30. The van der Waals surface area contributed by atoms with Gasteiger partial charge in [-0.1, -0.05) is 0 Å². The molecule has 2 aromatic heterocycles. The number of amides is 1. The number of fused-ring (bicyclic) bond motifs is 2. The van der Waals surface area contributed by atoms with Gasteiger partial charge in [0.05, 0.1) is 22.1 Å². The zero-order valence-electron chi connectivity index (χ0n) is 18.0. The van der Waals surface area contributed by atoms with Gasteiger partial charge in [0.15, 0.2) is 0 Å². The van der Waals surface area contributed by atoms with Crippen molar-refractivity contribution in [1.29, 1.82) is 0 Å². The Balaban J connectivity index is 1.44. The third-order valence-electron chi connectivity index (χ3n) is 6.31. The highest BCUT2D eigenvalue weighted by Gasteiger charge is 2.25. The number of likely N-dealkylation sites (tertiary alicyclic amines) is 1. The van der Waals surface area contributed by atoms with Crippen LogP contribution in [0.15, 0.2) is 53.7 Å². The van der Waals surface area contributed by atoms with Gasteiger partial charge in [-0.15, -0.1) is 0 Å². The summed E-state index contributed by atoms with van der Waals surface area (Å²) in [6, 6.07) is 11.6. The van der Waals surface area contributed by atoms with Crippen molar-refractivity contribution in [2.75, 3.05) is 25.0 Å². The van der Waals surface area contributed by atoms with Crippen molar-refractivity contribution in [2.24, 2.45) is 7.05 Å². The molecule has 32 heavy (non-hydrogen) atoms. The van der Waals surface area contributed by atoms with Crippen LogP contribution >= 0.6 is 0 Å². The summed E-state index contributed by atoms with van der Waals surface area (Å²) in [5, 5.41) is 15.0. The van der Waals surface area contributed by atoms with Crippen molar-refractivity contribution in [3.63, 3.8) is 0 Å². The summed E-state index contributed by atoms with van der Waals surface area (Å²) in [4.78, 5) is 32.5. The van der Waals surface area contributed by atoms with E-state index >= 15 is 0 Å². The SMILES string of the molecule is CN(c1ccc2c(=O)n(-c3ccc4nn(C)cc4c3)cnc2c1)C1CCN(C(=O)O)CC1. The van der Waals surface area contributed by atoms with E-state index < -0.39 is 6.09 Å². The maximum atomic E-state index is 13.2. The second kappa shape index (κ2) is 7.67. The van der Waals surface area contributed by atoms with Gasteiger partial charge in [0.1, 0.15) is 6.33 Å². The van der Waals surface area contributed by atoms with Crippen molar-refractivity contribution in [2.45, 2.75) is 18.9 Å². The second-order valence-electron chi connectivity index (χ2n) is 8.28. The van der Waals surface area contributed by atoms with Crippen LogP contribution in [0.1, 0.15) is 12.8 Å². The molecular formula is C23H24N6O3. The molecule has 4 aromatic rings. The number of hydrogen-bond donors (Lipinski definition) is 1. The Morgan fingerprint density at radius 1 is 1.12 bits per heavy atom. The normalized spacial score (nSPS) is 14.9. The van der Waals surface area contributed by atoms with E-state index in [1.54, 1.807) is 15.6 Å². The quantitative estimate of drug-likeness (QED) is 0.535. The maximum Gasteiger partial charge on any atom is 0.407 e. The minimum absolute atomic E-state index is 0.123. The van der Waals surface area contributed by atoms with Gasteiger partial charge in [0.2, 0.25) is 0 Å². The molecule has 5 rings (SSSR count). The molecule has 9 nitrogen and oxygen atoms in total. The topological polar surface area (TPSA) is 96.5 Å². The molecule has 164 valence electrons. The molecule has 1 aliphatic rings. The first-order chi connectivity index (χ1) is 15.4. The predicted molar refractivity (Wildman–Crippen MR) is 123 cm³/mol. The van der Waals surface area contributed by atoms with Crippen molar-refractivity contribution in [3.05, 3.63) is 59.3 Å². The fraction of sp³-hybridized carbons (Fsp3) is 0.304. The zero-order chi connectivity index (χ0) is 22.4. The van der Waals surface area contributed by atoms with Crippen LogP contribution in [0.5, 0.6) is 0 Å². The Morgan fingerprint density at radius 2 is 1.91 bits per heavy atom. The molecule has 0 saturated carbocycles. The standard InChI is InChI=1S/C23H24N6O3/c1-26-13-15-11-18(4-6-20(15)25-26)29-14-24-21-12-17(3-5-19(21)22(29)30)27(2)16-7-9-28(10-8-16)23(31)32/h3-6,11-14,16H,7-10H2,1-2H3,(H,31,32). The first kappa shape index (κ1) is 20.0. The van der Waals surface area contributed by atoms with Crippen LogP contribution in [0.25, 0.3) is 27.5 Å². The number of benzene rings is 2. The Hall–Kier alpha value is -3.88. The van der Waals surface area contributed by atoms with Gasteiger partial charge >= 0.3 is 6.09 Å². The fourth-order valence-corrected chi connectivity index (χ4v) is 4.45. The molecule has 0 spiro atoms. The lowest BCUT2D eigenvalue weighted by atomic mass is 10.0. The second-order valence-corrected chi connectivity index (χ2v) is 8.28. The summed E-state index contributed by atoms with van der Waals surface area (Å²) in [5.74, 6) is 0. The largest absolute Gasteiger partial charge is 0.465 e. The number of anilines is 1. The van der Waals surface area contributed by atoms with Crippen LogP contribution in [0.2, 0.25) is 0 Å². The number of carboxylic acid groups (broad SMARTS) is 1. The van der Waals surface area contributed by atoms with Gasteiger partial charge in [0, 0.05) is 50.5 Å². The van der Waals surface area contributed by atoms with E-state index in [0.717, 1.165) is 35.1 Å². The minimum Gasteiger partial charge on any atom is -0.465 e. The Morgan fingerprint density at radius 3 is 2.66 bits per heavy atom. The third-order valence-corrected chi connectivity index (χ3v) is 6.31.